The molecule has 4 atom stereocenters. The number of halogens is 2. The number of alkyl halides is 2. The van der Waals surface area contributed by atoms with Gasteiger partial charge < -0.3 is 19.7 Å². The maximum atomic E-state index is 14.2. The first kappa shape index (κ1) is 24.0. The Hall–Kier alpha value is -2.25. The molecule has 2 N–H and O–H groups in total. The molecule has 166 valence electrons. The summed E-state index contributed by atoms with van der Waals surface area (Å²) in [6.07, 6.45) is 6.44. The first-order chi connectivity index (χ1) is 14.3. The van der Waals surface area contributed by atoms with Crippen molar-refractivity contribution in [3.63, 3.8) is 0 Å². The predicted molar refractivity (Wildman–Crippen MR) is 109 cm³/mol. The minimum absolute atomic E-state index is 0.155. The number of unbranched alkanes of at least 4 members (excludes halogenated alkanes) is 1. The zero-order chi connectivity index (χ0) is 22.0. The number of rotatable bonds is 11. The molecule has 0 heterocycles. The van der Waals surface area contributed by atoms with Crippen LogP contribution in [0, 0.1) is 11.8 Å². The van der Waals surface area contributed by atoms with E-state index in [-0.39, 0.29) is 18.3 Å². The van der Waals surface area contributed by atoms with Gasteiger partial charge in [-0.15, -0.1) is 0 Å². The molecule has 30 heavy (non-hydrogen) atoms. The lowest BCUT2D eigenvalue weighted by Crippen LogP contribution is -2.25. The molecule has 1 aromatic carbocycles. The fourth-order valence-corrected chi connectivity index (χ4v) is 3.54. The molecule has 5 nitrogen and oxygen atoms in total. The van der Waals surface area contributed by atoms with Crippen LogP contribution in [0.4, 0.5) is 8.78 Å². The standard InChI is InChI=1S/C23H30F2O5/c1-29-22(28)12-8-3-2-7-11-18-19(21(27)15-20(18)26)13-14-23(24,25)16-30-17-9-5-4-6-10-17/h2,4-7,9-10,13-14,18-21,26-27H,3,8,11-12,15-16H2,1H3/t18-,19-,20?,21?/m1/s1. The molecule has 0 radical (unpaired) electrons. The molecule has 1 aliphatic carbocycles. The van der Waals surface area contributed by atoms with Crippen LogP contribution in [0.2, 0.25) is 0 Å². The molecule has 2 unspecified atom stereocenters. The van der Waals surface area contributed by atoms with Crippen LogP contribution in [0.3, 0.4) is 0 Å². The zero-order valence-electron chi connectivity index (χ0n) is 17.1. The Kier molecular flexibility index (Phi) is 9.46. The number of esters is 1. The topological polar surface area (TPSA) is 76.0 Å². The van der Waals surface area contributed by atoms with E-state index in [9.17, 15) is 23.8 Å². The van der Waals surface area contributed by atoms with E-state index in [0.717, 1.165) is 6.08 Å². The van der Waals surface area contributed by atoms with Gasteiger partial charge in [-0.3, -0.25) is 4.79 Å². The molecule has 7 heteroatoms. The average Bonchev–Trinajstić information content (AvgIpc) is 3.00. The van der Waals surface area contributed by atoms with E-state index in [0.29, 0.717) is 31.4 Å². The van der Waals surface area contributed by atoms with Crippen molar-refractivity contribution >= 4 is 5.97 Å². The van der Waals surface area contributed by atoms with E-state index in [4.69, 9.17) is 4.74 Å². The number of aliphatic hydroxyl groups excluding tert-OH is 2. The second kappa shape index (κ2) is 11.8. The number of carbonyl (C=O) groups is 1. The highest BCUT2D eigenvalue weighted by Crippen LogP contribution is 2.37. The number of carbonyl (C=O) groups excluding carboxylic acids is 1. The van der Waals surface area contributed by atoms with Crippen molar-refractivity contribution in [2.24, 2.45) is 11.8 Å². The Bertz CT molecular complexity index is 705. The van der Waals surface area contributed by atoms with E-state index in [1.807, 2.05) is 12.2 Å². The van der Waals surface area contributed by atoms with Gasteiger partial charge in [0, 0.05) is 18.8 Å². The van der Waals surface area contributed by atoms with E-state index in [1.165, 1.54) is 13.2 Å². The summed E-state index contributed by atoms with van der Waals surface area (Å²) in [5.74, 6) is -4.02. The van der Waals surface area contributed by atoms with E-state index in [2.05, 4.69) is 4.74 Å². The molecule has 0 bridgehead atoms. The third-order valence-electron chi connectivity index (χ3n) is 5.21. The van der Waals surface area contributed by atoms with Gasteiger partial charge in [0.25, 0.3) is 5.92 Å². The van der Waals surface area contributed by atoms with Gasteiger partial charge >= 0.3 is 5.97 Å². The van der Waals surface area contributed by atoms with E-state index >= 15 is 0 Å². The Morgan fingerprint density at radius 2 is 1.93 bits per heavy atom. The molecule has 2 rings (SSSR count). The van der Waals surface area contributed by atoms with Crippen LogP contribution < -0.4 is 4.74 Å². The SMILES string of the molecule is COC(=O)CCCC=CC[C@H]1C(O)CC(O)[C@@H]1C=CC(F)(F)COc1ccccc1. The summed E-state index contributed by atoms with van der Waals surface area (Å²) < 4.78 is 38.1. The van der Waals surface area contributed by atoms with Gasteiger partial charge in [0.15, 0.2) is 6.61 Å². The Labute approximate surface area is 176 Å². The zero-order valence-corrected chi connectivity index (χ0v) is 17.1. The lowest BCUT2D eigenvalue weighted by molar-refractivity contribution is -0.140. The number of hydrogen-bond acceptors (Lipinski definition) is 5. The normalized spacial score (nSPS) is 24.6. The first-order valence-corrected chi connectivity index (χ1v) is 10.2. The van der Waals surface area contributed by atoms with Crippen molar-refractivity contribution in [2.45, 2.75) is 50.2 Å². The van der Waals surface area contributed by atoms with Crippen LogP contribution in [-0.4, -0.2) is 48.0 Å². The summed E-state index contributed by atoms with van der Waals surface area (Å²) in [5, 5.41) is 20.4. The van der Waals surface area contributed by atoms with Gasteiger partial charge in [0.2, 0.25) is 0 Å². The number of methoxy groups -OCH3 is 1. The number of benzene rings is 1. The molecule has 0 spiro atoms. The third kappa shape index (κ3) is 7.88. The highest BCUT2D eigenvalue weighted by Gasteiger charge is 2.40. The molecule has 0 aromatic heterocycles. The lowest BCUT2D eigenvalue weighted by Gasteiger charge is -2.20. The summed E-state index contributed by atoms with van der Waals surface area (Å²) >= 11 is 0. The molecule has 1 fully saturated rings. The van der Waals surface area contributed by atoms with Gasteiger partial charge in [-0.05, 0) is 43.4 Å². The van der Waals surface area contributed by atoms with Crippen LogP contribution in [0.25, 0.3) is 0 Å². The number of aliphatic hydroxyl groups is 2. The Morgan fingerprint density at radius 1 is 1.20 bits per heavy atom. The highest BCUT2D eigenvalue weighted by atomic mass is 19.3. The lowest BCUT2D eigenvalue weighted by atomic mass is 9.89. The monoisotopic (exact) mass is 424 g/mol. The van der Waals surface area contributed by atoms with Gasteiger partial charge in [-0.1, -0.05) is 36.4 Å². The summed E-state index contributed by atoms with van der Waals surface area (Å²) in [4.78, 5) is 11.1. The molecule has 0 saturated heterocycles. The summed E-state index contributed by atoms with van der Waals surface area (Å²) in [5.41, 5.74) is 0. The summed E-state index contributed by atoms with van der Waals surface area (Å²) in [6.45, 7) is -0.802. The molecule has 0 aliphatic heterocycles. The van der Waals surface area contributed by atoms with Gasteiger partial charge in [-0.2, -0.15) is 8.78 Å². The van der Waals surface area contributed by atoms with Crippen molar-refractivity contribution in [3.8, 4) is 5.75 Å². The van der Waals surface area contributed by atoms with Crippen molar-refractivity contribution in [2.75, 3.05) is 13.7 Å². The number of allylic oxidation sites excluding steroid dienone is 2. The van der Waals surface area contributed by atoms with Crippen LogP contribution >= 0.6 is 0 Å². The Balaban J connectivity index is 1.87. The molecule has 1 aliphatic rings. The largest absolute Gasteiger partial charge is 0.487 e. The fourth-order valence-electron chi connectivity index (χ4n) is 3.54. The molecule has 1 saturated carbocycles. The predicted octanol–water partition coefficient (Wildman–Crippen LogP) is 3.90. The highest BCUT2D eigenvalue weighted by molar-refractivity contribution is 5.69. The number of ether oxygens (including phenoxy) is 2. The maximum Gasteiger partial charge on any atom is 0.305 e. The maximum absolute atomic E-state index is 14.2. The fraction of sp³-hybridized carbons (Fsp3) is 0.522. The minimum atomic E-state index is -3.20. The minimum Gasteiger partial charge on any atom is -0.487 e. The van der Waals surface area contributed by atoms with E-state index < -0.39 is 30.7 Å². The molecular weight excluding hydrogens is 394 g/mol. The first-order valence-electron chi connectivity index (χ1n) is 10.2. The Morgan fingerprint density at radius 3 is 2.63 bits per heavy atom. The van der Waals surface area contributed by atoms with Crippen LogP contribution in [0.1, 0.15) is 32.1 Å². The van der Waals surface area contributed by atoms with Gasteiger partial charge in [-0.25, -0.2) is 0 Å². The van der Waals surface area contributed by atoms with E-state index in [1.54, 1.807) is 30.3 Å². The van der Waals surface area contributed by atoms with Gasteiger partial charge in [0.05, 0.1) is 19.3 Å². The second-order valence-corrected chi connectivity index (χ2v) is 7.51. The van der Waals surface area contributed by atoms with Crippen molar-refractivity contribution in [1.29, 1.82) is 0 Å². The van der Waals surface area contributed by atoms with Crippen LogP contribution in [0.15, 0.2) is 54.6 Å². The second-order valence-electron chi connectivity index (χ2n) is 7.51. The van der Waals surface area contributed by atoms with Crippen LogP contribution in [-0.2, 0) is 9.53 Å². The molecule has 1 aromatic rings. The number of para-hydroxylation sites is 1. The smallest absolute Gasteiger partial charge is 0.305 e. The quantitative estimate of drug-likeness (QED) is 0.320. The van der Waals surface area contributed by atoms with Crippen molar-refractivity contribution < 1.29 is 33.3 Å². The molecular formula is C23H30F2O5. The molecule has 0 amide bonds. The van der Waals surface area contributed by atoms with Crippen molar-refractivity contribution in [1.82, 2.24) is 0 Å². The average molecular weight is 424 g/mol. The van der Waals surface area contributed by atoms with Crippen LogP contribution in [0.5, 0.6) is 5.75 Å². The number of hydrogen-bond donors (Lipinski definition) is 2. The summed E-state index contributed by atoms with van der Waals surface area (Å²) in [6, 6.07) is 8.38. The third-order valence-corrected chi connectivity index (χ3v) is 5.21. The summed E-state index contributed by atoms with van der Waals surface area (Å²) in [7, 11) is 1.34. The van der Waals surface area contributed by atoms with Crippen molar-refractivity contribution in [3.05, 3.63) is 54.6 Å². The van der Waals surface area contributed by atoms with Gasteiger partial charge in [0.1, 0.15) is 5.75 Å².